The van der Waals surface area contributed by atoms with Gasteiger partial charge in [0, 0.05) is 41.0 Å². The van der Waals surface area contributed by atoms with Crippen molar-refractivity contribution in [3.63, 3.8) is 0 Å². The first-order valence-corrected chi connectivity index (χ1v) is 17.5. The molecule has 0 bridgehead atoms. The standard InChI is InChI=1S/C19H23NO5.C18H21NO6.C2H6/c1-12(21)13-4-6-15(8-13)25-19-10-16(22-2)9-18-17(19)7-5-14(20-18)11-24-23-3;1-22-14-8-16-15(6-4-12(19-16)10-24-23-2)17(9-14)25-13-5-3-11(7-13)18(20)21;1-2/h5,7,9-10,13,15H,4,6,8,11H2,1-3H3;4,6,8-9,11,13H,3,5,7,10H2,1-2H3,(H,20,21);1-2H3/t13-,15?;11-,13?;/m00./s1. The second-order valence-electron chi connectivity index (χ2n) is 12.3. The fourth-order valence-electron chi connectivity index (χ4n) is 6.31. The average Bonchev–Trinajstić information content (AvgIpc) is 3.84. The van der Waals surface area contributed by atoms with Crippen LogP contribution in [0.2, 0.25) is 0 Å². The smallest absolute Gasteiger partial charge is 0.306 e. The SMILES string of the molecule is CC.COOCc1ccc2c(OC3CC[C@H](C(=O)O)C3)cc(OC)cc2n1.COOCc1ccc2c(OC3CC[C@H](C(C)=O)C3)cc(OC)cc2n1. The molecular formula is C39H50N2O11. The van der Waals surface area contributed by atoms with Gasteiger partial charge in [0.25, 0.3) is 0 Å². The largest absolute Gasteiger partial charge is 0.497 e. The number of carbonyl (C=O) groups excluding carboxylic acids is 1. The Kier molecular flexibility index (Phi) is 15.4. The predicted molar refractivity (Wildman–Crippen MR) is 193 cm³/mol. The number of benzene rings is 2. The topological polar surface area (TPSA) is 154 Å². The highest BCUT2D eigenvalue weighted by atomic mass is 17.2. The first kappa shape index (κ1) is 40.2. The van der Waals surface area contributed by atoms with Crippen molar-refractivity contribution < 1.29 is 53.2 Å². The fraction of sp³-hybridized carbons (Fsp3) is 0.487. The Hall–Kier alpha value is -4.56. The molecule has 0 amide bonds. The molecule has 4 aromatic rings. The first-order valence-electron chi connectivity index (χ1n) is 17.5. The molecule has 2 aliphatic carbocycles. The third-order valence-electron chi connectivity index (χ3n) is 9.00. The molecule has 2 aromatic heterocycles. The van der Waals surface area contributed by atoms with E-state index in [1.165, 1.54) is 14.2 Å². The maximum atomic E-state index is 11.6. The van der Waals surface area contributed by atoms with Crippen LogP contribution in [-0.4, -0.2) is 67.5 Å². The zero-order valence-corrected chi connectivity index (χ0v) is 31.0. The van der Waals surface area contributed by atoms with Gasteiger partial charge in [-0.05, 0) is 69.7 Å². The number of aliphatic carboxylic acids is 1. The van der Waals surface area contributed by atoms with Gasteiger partial charge in [-0.1, -0.05) is 13.8 Å². The molecule has 2 aliphatic rings. The number of fused-ring (bicyclic) bond motifs is 2. The molecule has 52 heavy (non-hydrogen) atoms. The van der Waals surface area contributed by atoms with Crippen molar-refractivity contribution in [2.45, 2.75) is 84.7 Å². The van der Waals surface area contributed by atoms with Gasteiger partial charge in [0.2, 0.25) is 0 Å². The van der Waals surface area contributed by atoms with Gasteiger partial charge in [0.1, 0.15) is 42.0 Å². The van der Waals surface area contributed by atoms with E-state index < -0.39 is 5.97 Å². The number of hydrogen-bond acceptors (Lipinski definition) is 12. The molecule has 0 saturated heterocycles. The summed E-state index contributed by atoms with van der Waals surface area (Å²) in [6, 6.07) is 15.0. The molecule has 2 fully saturated rings. The number of carboxylic acids is 1. The number of hydrogen-bond donors (Lipinski definition) is 1. The van der Waals surface area contributed by atoms with Crippen LogP contribution in [0.4, 0.5) is 0 Å². The molecule has 0 aliphatic heterocycles. The van der Waals surface area contributed by atoms with Crippen LogP contribution in [0.25, 0.3) is 21.8 Å². The molecule has 13 nitrogen and oxygen atoms in total. The number of ether oxygens (including phenoxy) is 4. The highest BCUT2D eigenvalue weighted by molar-refractivity contribution is 5.88. The summed E-state index contributed by atoms with van der Waals surface area (Å²) in [4.78, 5) is 50.9. The van der Waals surface area contributed by atoms with E-state index in [2.05, 4.69) is 19.7 Å². The molecule has 2 aromatic carbocycles. The van der Waals surface area contributed by atoms with Gasteiger partial charge in [0.15, 0.2) is 0 Å². The van der Waals surface area contributed by atoms with E-state index in [0.29, 0.717) is 30.1 Å². The lowest BCUT2D eigenvalue weighted by atomic mass is 10.0. The number of nitrogens with zero attached hydrogens (tertiary/aromatic N) is 2. The normalized spacial score (nSPS) is 19.3. The minimum Gasteiger partial charge on any atom is -0.497 e. The molecule has 13 heteroatoms. The molecule has 2 heterocycles. The monoisotopic (exact) mass is 722 g/mol. The lowest BCUT2D eigenvalue weighted by Crippen LogP contribution is -2.15. The average molecular weight is 723 g/mol. The van der Waals surface area contributed by atoms with Crippen molar-refractivity contribution in [1.29, 1.82) is 0 Å². The predicted octanol–water partition coefficient (Wildman–Crippen LogP) is 7.44. The van der Waals surface area contributed by atoms with Gasteiger partial charge in [-0.3, -0.25) is 9.59 Å². The van der Waals surface area contributed by atoms with Gasteiger partial charge in [-0.15, -0.1) is 0 Å². The minimum atomic E-state index is -0.758. The number of aromatic nitrogens is 2. The Labute approximate surface area is 304 Å². The van der Waals surface area contributed by atoms with Gasteiger partial charge < -0.3 is 24.1 Å². The maximum absolute atomic E-state index is 11.6. The molecule has 6 rings (SSSR count). The number of pyridine rings is 2. The van der Waals surface area contributed by atoms with Crippen LogP contribution in [0.5, 0.6) is 23.0 Å². The number of carbonyl (C=O) groups is 2. The summed E-state index contributed by atoms with van der Waals surface area (Å²) in [5.74, 6) is 1.95. The summed E-state index contributed by atoms with van der Waals surface area (Å²) in [7, 11) is 6.11. The minimum absolute atomic E-state index is 0.0423. The van der Waals surface area contributed by atoms with Crippen LogP contribution in [0.15, 0.2) is 48.5 Å². The second kappa shape index (κ2) is 19.9. The highest BCUT2D eigenvalue weighted by Crippen LogP contribution is 2.37. The van der Waals surface area contributed by atoms with E-state index in [4.69, 9.17) is 33.8 Å². The summed E-state index contributed by atoms with van der Waals surface area (Å²) in [6.45, 7) is 6.16. The molecule has 0 spiro atoms. The summed E-state index contributed by atoms with van der Waals surface area (Å²) in [5, 5.41) is 10.9. The number of ketones is 1. The van der Waals surface area contributed by atoms with Crippen LogP contribution in [0, 0.1) is 11.8 Å². The summed E-state index contributed by atoms with van der Waals surface area (Å²) >= 11 is 0. The molecule has 4 atom stereocenters. The van der Waals surface area contributed by atoms with Crippen molar-refractivity contribution in [3.8, 4) is 23.0 Å². The number of Topliss-reactive ketones (excluding diaryl/α,β-unsaturated/α-hetero) is 1. The summed E-state index contributed by atoms with van der Waals surface area (Å²) < 4.78 is 23.0. The first-order chi connectivity index (χ1) is 25.2. The Morgan fingerprint density at radius 3 is 1.48 bits per heavy atom. The zero-order valence-electron chi connectivity index (χ0n) is 31.0. The van der Waals surface area contributed by atoms with E-state index in [9.17, 15) is 9.59 Å². The van der Waals surface area contributed by atoms with E-state index in [1.54, 1.807) is 21.1 Å². The fourth-order valence-corrected chi connectivity index (χ4v) is 6.31. The van der Waals surface area contributed by atoms with Crippen LogP contribution in [0.1, 0.15) is 70.7 Å². The van der Waals surface area contributed by atoms with Gasteiger partial charge >= 0.3 is 5.97 Å². The summed E-state index contributed by atoms with van der Waals surface area (Å²) in [6.07, 6.45) is 4.34. The molecule has 1 N–H and O–H groups in total. The van der Waals surface area contributed by atoms with E-state index >= 15 is 0 Å². The van der Waals surface area contributed by atoms with Gasteiger partial charge in [-0.2, -0.15) is 0 Å². The molecule has 0 radical (unpaired) electrons. The Balaban J connectivity index is 0.000000222. The number of carboxylic acid groups (broad SMARTS) is 1. The van der Waals surface area contributed by atoms with Crippen molar-refractivity contribution in [2.24, 2.45) is 11.8 Å². The summed E-state index contributed by atoms with van der Waals surface area (Å²) in [5.41, 5.74) is 2.97. The lowest BCUT2D eigenvalue weighted by molar-refractivity contribution is -0.282. The van der Waals surface area contributed by atoms with Gasteiger partial charge in [-0.25, -0.2) is 29.5 Å². The Morgan fingerprint density at radius 1 is 0.673 bits per heavy atom. The van der Waals surface area contributed by atoms with E-state index in [-0.39, 0.29) is 43.0 Å². The van der Waals surface area contributed by atoms with E-state index in [0.717, 1.165) is 64.6 Å². The van der Waals surface area contributed by atoms with Crippen molar-refractivity contribution in [3.05, 3.63) is 59.9 Å². The quantitative estimate of drug-likeness (QED) is 0.101. The molecule has 2 saturated carbocycles. The molecular weight excluding hydrogens is 672 g/mol. The van der Waals surface area contributed by atoms with Crippen LogP contribution >= 0.6 is 0 Å². The molecule has 282 valence electrons. The van der Waals surface area contributed by atoms with Gasteiger partial charge in [0.05, 0.1) is 69.0 Å². The van der Waals surface area contributed by atoms with Crippen LogP contribution in [0.3, 0.4) is 0 Å². The Bertz CT molecular complexity index is 1650. The Morgan fingerprint density at radius 2 is 1.12 bits per heavy atom. The maximum Gasteiger partial charge on any atom is 0.306 e. The molecule has 2 unspecified atom stereocenters. The van der Waals surface area contributed by atoms with Crippen LogP contribution in [-0.2, 0) is 42.4 Å². The van der Waals surface area contributed by atoms with Crippen LogP contribution < -0.4 is 18.9 Å². The third kappa shape index (κ3) is 10.7. The second-order valence-corrected chi connectivity index (χ2v) is 12.3. The van der Waals surface area contributed by atoms with Crippen molar-refractivity contribution >= 4 is 33.6 Å². The van der Waals surface area contributed by atoms with E-state index in [1.807, 2.05) is 62.4 Å². The lowest BCUT2D eigenvalue weighted by Gasteiger charge is -2.17. The zero-order chi connectivity index (χ0) is 37.6. The van der Waals surface area contributed by atoms with Crippen molar-refractivity contribution in [1.82, 2.24) is 9.97 Å². The highest BCUT2D eigenvalue weighted by Gasteiger charge is 2.32. The number of methoxy groups -OCH3 is 2. The van der Waals surface area contributed by atoms with Crippen molar-refractivity contribution in [2.75, 3.05) is 28.4 Å². The number of rotatable bonds is 14. The third-order valence-corrected chi connectivity index (χ3v) is 9.00.